The number of nitrogens with zero attached hydrogens (tertiary/aromatic N) is 1. The van der Waals surface area contributed by atoms with Gasteiger partial charge in [0.15, 0.2) is 0 Å². The smallest absolute Gasteiger partial charge is 0.329 e. The Labute approximate surface area is 163 Å². The van der Waals surface area contributed by atoms with Gasteiger partial charge in [-0.05, 0) is 38.8 Å². The number of halogens is 2. The zero-order valence-electron chi connectivity index (χ0n) is 15.4. The number of pyridine rings is 1. The number of carbonyl (C=O) groups is 2. The molecule has 1 N–H and O–H groups in total. The number of esters is 1. The molecule has 2 rings (SSSR count). The molecule has 1 aromatic carbocycles. The third-order valence-electron chi connectivity index (χ3n) is 3.67. The zero-order chi connectivity index (χ0) is 19.6. The van der Waals surface area contributed by atoms with Gasteiger partial charge in [0, 0.05) is 22.5 Å². The van der Waals surface area contributed by atoms with Gasteiger partial charge in [-0.25, -0.2) is 9.78 Å². The van der Waals surface area contributed by atoms with Crippen molar-refractivity contribution in [3.8, 4) is 0 Å². The van der Waals surface area contributed by atoms with E-state index < -0.39 is 23.5 Å². The van der Waals surface area contributed by atoms with E-state index >= 15 is 0 Å². The van der Waals surface area contributed by atoms with Crippen molar-refractivity contribution in [3.63, 3.8) is 0 Å². The molecule has 1 atom stereocenters. The molecule has 0 aliphatic rings. The lowest BCUT2D eigenvalue weighted by Gasteiger charge is -2.26. The quantitative estimate of drug-likeness (QED) is 0.603. The molecule has 0 fully saturated rings. The number of carbonyl (C=O) groups excluding carboxylic acids is 2. The van der Waals surface area contributed by atoms with Crippen LogP contribution < -0.4 is 5.32 Å². The number of benzene rings is 1. The molecule has 0 saturated carbocycles. The fraction of sp³-hybridized carbons (Fsp3) is 0.421. The fourth-order valence-electron chi connectivity index (χ4n) is 2.40. The lowest BCUT2D eigenvalue weighted by molar-refractivity contribution is -0.158. The molecular formula is C19H22Cl2N2O3. The molecule has 140 valence electrons. The van der Waals surface area contributed by atoms with Gasteiger partial charge in [-0.2, -0.15) is 0 Å². The van der Waals surface area contributed by atoms with Crippen LogP contribution in [0.4, 0.5) is 0 Å². The van der Waals surface area contributed by atoms with E-state index in [9.17, 15) is 9.59 Å². The van der Waals surface area contributed by atoms with E-state index in [0.29, 0.717) is 21.4 Å². The van der Waals surface area contributed by atoms with E-state index in [-0.39, 0.29) is 11.1 Å². The molecule has 1 amide bonds. The van der Waals surface area contributed by atoms with Crippen LogP contribution in [-0.2, 0) is 9.53 Å². The van der Waals surface area contributed by atoms with E-state index in [0.717, 1.165) is 0 Å². The van der Waals surface area contributed by atoms with Crippen LogP contribution in [0.5, 0.6) is 0 Å². The minimum Gasteiger partial charge on any atom is -0.458 e. The molecule has 7 heteroatoms. The second kappa shape index (κ2) is 7.80. The van der Waals surface area contributed by atoms with Gasteiger partial charge in [-0.1, -0.05) is 43.1 Å². The van der Waals surface area contributed by atoms with Gasteiger partial charge < -0.3 is 10.1 Å². The Morgan fingerprint density at radius 2 is 1.81 bits per heavy atom. The van der Waals surface area contributed by atoms with E-state index in [1.807, 2.05) is 13.8 Å². The summed E-state index contributed by atoms with van der Waals surface area (Å²) in [5.41, 5.74) is -0.272. The number of hydrogen-bond donors (Lipinski definition) is 1. The standard InChI is InChI=1S/C19H22Cl2N2O3/c1-10(2)15(18(25)26-19(3,4)5)23-17(24)11-6-7-12-13(8-11)16(21)22-9-14(12)20/h6-10,15H,1-5H3,(H,23,24)/t15-/m0/s1. The average molecular weight is 397 g/mol. The van der Waals surface area contributed by atoms with Crippen molar-refractivity contribution >= 4 is 45.9 Å². The predicted molar refractivity (Wildman–Crippen MR) is 104 cm³/mol. The normalized spacial score (nSPS) is 12.9. The van der Waals surface area contributed by atoms with Crippen LogP contribution in [0.3, 0.4) is 0 Å². The summed E-state index contributed by atoms with van der Waals surface area (Å²) < 4.78 is 5.40. The Morgan fingerprint density at radius 3 is 2.38 bits per heavy atom. The van der Waals surface area contributed by atoms with Crippen LogP contribution in [-0.4, -0.2) is 28.5 Å². The van der Waals surface area contributed by atoms with Crippen molar-refractivity contribution in [2.75, 3.05) is 0 Å². The summed E-state index contributed by atoms with van der Waals surface area (Å²) in [6.07, 6.45) is 1.46. The van der Waals surface area contributed by atoms with Crippen molar-refractivity contribution < 1.29 is 14.3 Å². The van der Waals surface area contributed by atoms with Gasteiger partial charge in [-0.15, -0.1) is 0 Å². The molecule has 0 aliphatic heterocycles. The van der Waals surface area contributed by atoms with Crippen LogP contribution >= 0.6 is 23.2 Å². The first-order valence-electron chi connectivity index (χ1n) is 8.27. The number of aromatic nitrogens is 1. The second-order valence-electron chi connectivity index (χ2n) is 7.39. The Balaban J connectivity index is 2.28. The van der Waals surface area contributed by atoms with Crippen LogP contribution in [0.2, 0.25) is 10.2 Å². The molecule has 26 heavy (non-hydrogen) atoms. The summed E-state index contributed by atoms with van der Waals surface area (Å²) in [7, 11) is 0. The summed E-state index contributed by atoms with van der Waals surface area (Å²) in [5, 5.41) is 4.73. The van der Waals surface area contributed by atoms with Crippen molar-refractivity contribution in [2.45, 2.75) is 46.3 Å². The monoisotopic (exact) mass is 396 g/mol. The maximum atomic E-state index is 12.7. The first kappa shape index (κ1) is 20.5. The van der Waals surface area contributed by atoms with Gasteiger partial charge in [0.2, 0.25) is 0 Å². The SMILES string of the molecule is CC(C)[C@H](NC(=O)c1ccc2c(Cl)cnc(Cl)c2c1)C(=O)OC(C)(C)C. The van der Waals surface area contributed by atoms with Crippen molar-refractivity contribution in [1.29, 1.82) is 0 Å². The van der Waals surface area contributed by atoms with Crippen LogP contribution in [0.1, 0.15) is 45.0 Å². The van der Waals surface area contributed by atoms with Gasteiger partial charge >= 0.3 is 5.97 Å². The number of fused-ring (bicyclic) bond motifs is 1. The number of ether oxygens (including phenoxy) is 1. The Bertz CT molecular complexity index is 845. The minimum atomic E-state index is -0.759. The van der Waals surface area contributed by atoms with E-state index in [1.165, 1.54) is 6.20 Å². The van der Waals surface area contributed by atoms with Crippen molar-refractivity contribution in [1.82, 2.24) is 10.3 Å². The summed E-state index contributed by atoms with van der Waals surface area (Å²) in [6, 6.07) is 4.19. The zero-order valence-corrected chi connectivity index (χ0v) is 16.9. The molecule has 2 aromatic rings. The highest BCUT2D eigenvalue weighted by atomic mass is 35.5. The number of amides is 1. The van der Waals surface area contributed by atoms with Gasteiger partial charge in [0.25, 0.3) is 5.91 Å². The summed E-state index contributed by atoms with van der Waals surface area (Å²) in [6.45, 7) is 9.04. The summed E-state index contributed by atoms with van der Waals surface area (Å²) in [5.74, 6) is -0.995. The van der Waals surface area contributed by atoms with Gasteiger partial charge in [0.1, 0.15) is 16.8 Å². The molecule has 0 bridgehead atoms. The van der Waals surface area contributed by atoms with E-state index in [4.69, 9.17) is 27.9 Å². The molecule has 0 saturated heterocycles. The van der Waals surface area contributed by atoms with Crippen LogP contribution in [0.25, 0.3) is 10.8 Å². The van der Waals surface area contributed by atoms with E-state index in [1.54, 1.807) is 39.0 Å². The molecule has 0 unspecified atom stereocenters. The van der Waals surface area contributed by atoms with Crippen LogP contribution in [0.15, 0.2) is 24.4 Å². The van der Waals surface area contributed by atoms with Crippen LogP contribution in [0, 0.1) is 5.92 Å². The van der Waals surface area contributed by atoms with E-state index in [2.05, 4.69) is 10.3 Å². The number of hydrogen-bond acceptors (Lipinski definition) is 4. The largest absolute Gasteiger partial charge is 0.458 e. The molecule has 5 nitrogen and oxygen atoms in total. The molecule has 1 aromatic heterocycles. The summed E-state index contributed by atoms with van der Waals surface area (Å²) in [4.78, 5) is 29.0. The average Bonchev–Trinajstić information content (AvgIpc) is 2.53. The molecular weight excluding hydrogens is 375 g/mol. The predicted octanol–water partition coefficient (Wildman–Crippen LogP) is 4.64. The first-order valence-corrected chi connectivity index (χ1v) is 9.02. The van der Waals surface area contributed by atoms with Crippen molar-refractivity contribution in [3.05, 3.63) is 40.1 Å². The first-order chi connectivity index (χ1) is 12.0. The van der Waals surface area contributed by atoms with Crippen molar-refractivity contribution in [2.24, 2.45) is 5.92 Å². The molecule has 0 spiro atoms. The fourth-order valence-corrected chi connectivity index (χ4v) is 2.82. The highest BCUT2D eigenvalue weighted by molar-refractivity contribution is 6.39. The topological polar surface area (TPSA) is 68.3 Å². The second-order valence-corrected chi connectivity index (χ2v) is 8.15. The Hall–Kier alpha value is -1.85. The van der Waals surface area contributed by atoms with Gasteiger partial charge in [-0.3, -0.25) is 4.79 Å². The molecule has 0 aliphatic carbocycles. The Kier molecular flexibility index (Phi) is 6.14. The highest BCUT2D eigenvalue weighted by Gasteiger charge is 2.29. The highest BCUT2D eigenvalue weighted by Crippen LogP contribution is 2.28. The molecule has 0 radical (unpaired) electrons. The van der Waals surface area contributed by atoms with Gasteiger partial charge in [0.05, 0.1) is 5.02 Å². The number of rotatable bonds is 4. The molecule has 1 heterocycles. The third kappa shape index (κ3) is 4.86. The number of nitrogens with one attached hydrogen (secondary N) is 1. The maximum Gasteiger partial charge on any atom is 0.329 e. The Morgan fingerprint density at radius 1 is 1.15 bits per heavy atom. The lowest BCUT2D eigenvalue weighted by atomic mass is 10.0. The summed E-state index contributed by atoms with van der Waals surface area (Å²) >= 11 is 12.2. The lowest BCUT2D eigenvalue weighted by Crippen LogP contribution is -2.47. The minimum absolute atomic E-state index is 0.131. The third-order valence-corrected chi connectivity index (χ3v) is 4.27. The maximum absolute atomic E-state index is 12.7.